The Morgan fingerprint density at radius 2 is 1.59 bits per heavy atom. The fraction of sp³-hybridized carbons (Fsp3) is 0.786. The van der Waals surface area contributed by atoms with E-state index >= 15 is 0 Å². The minimum atomic E-state index is -0.282. The highest BCUT2D eigenvalue weighted by atomic mass is 16.5. The second kappa shape index (κ2) is 10.3. The first-order valence-corrected chi connectivity index (χ1v) is 6.48. The summed E-state index contributed by atoms with van der Waals surface area (Å²) in [5, 5.41) is 0. The first kappa shape index (κ1) is 16.2. The molecule has 0 aliphatic carbocycles. The number of carbonyl (C=O) groups excluding carboxylic acids is 1. The molecule has 0 heterocycles. The van der Waals surface area contributed by atoms with Crippen LogP contribution < -0.4 is 0 Å². The smallest absolute Gasteiger partial charge is 0.333 e. The number of esters is 1. The summed E-state index contributed by atoms with van der Waals surface area (Å²) in [6.07, 6.45) is 5.84. The van der Waals surface area contributed by atoms with Crippen LogP contribution >= 0.6 is 0 Å². The van der Waals surface area contributed by atoms with E-state index in [1.165, 1.54) is 12.8 Å². The van der Waals surface area contributed by atoms with Crippen molar-refractivity contribution in [2.24, 2.45) is 0 Å². The van der Waals surface area contributed by atoms with Crippen molar-refractivity contribution in [3.05, 3.63) is 12.2 Å². The van der Waals surface area contributed by atoms with Gasteiger partial charge in [-0.1, -0.05) is 25.8 Å². The van der Waals surface area contributed by atoms with Gasteiger partial charge in [0.2, 0.25) is 0 Å². The van der Waals surface area contributed by atoms with E-state index in [0.29, 0.717) is 18.3 Å². The van der Waals surface area contributed by atoms with E-state index < -0.39 is 0 Å². The molecule has 0 saturated heterocycles. The third-order valence-corrected chi connectivity index (χ3v) is 2.32. The zero-order valence-electron chi connectivity index (χ0n) is 11.5. The molecule has 0 aromatic rings. The summed E-state index contributed by atoms with van der Waals surface area (Å²) in [6, 6.07) is 0. The van der Waals surface area contributed by atoms with Crippen molar-refractivity contribution in [3.63, 3.8) is 0 Å². The zero-order chi connectivity index (χ0) is 13.1. The molecule has 17 heavy (non-hydrogen) atoms. The fourth-order valence-corrected chi connectivity index (χ4v) is 1.34. The van der Waals surface area contributed by atoms with Gasteiger partial charge < -0.3 is 9.47 Å². The first-order chi connectivity index (χ1) is 8.04. The van der Waals surface area contributed by atoms with Crippen molar-refractivity contribution in [2.75, 3.05) is 13.2 Å². The summed E-state index contributed by atoms with van der Waals surface area (Å²) in [5.74, 6) is -0.282. The van der Waals surface area contributed by atoms with Crippen molar-refractivity contribution >= 4 is 5.97 Å². The van der Waals surface area contributed by atoms with Crippen LogP contribution in [0.1, 0.15) is 52.9 Å². The van der Waals surface area contributed by atoms with Crippen LogP contribution in [0.3, 0.4) is 0 Å². The molecule has 0 saturated carbocycles. The molecule has 0 amide bonds. The van der Waals surface area contributed by atoms with Crippen molar-refractivity contribution in [1.29, 1.82) is 0 Å². The number of hydrogen-bond acceptors (Lipinski definition) is 3. The van der Waals surface area contributed by atoms with Crippen molar-refractivity contribution < 1.29 is 14.3 Å². The third-order valence-electron chi connectivity index (χ3n) is 2.32. The van der Waals surface area contributed by atoms with Gasteiger partial charge in [-0.05, 0) is 33.6 Å². The van der Waals surface area contributed by atoms with Gasteiger partial charge in [0.1, 0.15) is 0 Å². The lowest BCUT2D eigenvalue weighted by atomic mass is 10.1. The summed E-state index contributed by atoms with van der Waals surface area (Å²) >= 11 is 0. The predicted molar refractivity (Wildman–Crippen MR) is 69.9 cm³/mol. The average Bonchev–Trinajstić information content (AvgIpc) is 2.25. The number of ether oxygens (including phenoxy) is 2. The Hall–Kier alpha value is -0.830. The SMILES string of the molecule is C=C(C)C(=O)OCCCCCCCOC(C)C. The molecule has 0 fully saturated rings. The van der Waals surface area contributed by atoms with Crippen molar-refractivity contribution in [2.45, 2.75) is 59.0 Å². The van der Waals surface area contributed by atoms with Gasteiger partial charge in [0.15, 0.2) is 0 Å². The lowest BCUT2D eigenvalue weighted by Gasteiger charge is -2.07. The molecular weight excluding hydrogens is 216 g/mol. The topological polar surface area (TPSA) is 35.5 Å². The van der Waals surface area contributed by atoms with Gasteiger partial charge >= 0.3 is 5.97 Å². The van der Waals surface area contributed by atoms with E-state index in [2.05, 4.69) is 20.4 Å². The minimum absolute atomic E-state index is 0.282. The number of unbranched alkanes of at least 4 members (excludes halogenated alkanes) is 4. The maximum absolute atomic E-state index is 11.0. The summed E-state index contributed by atoms with van der Waals surface area (Å²) < 4.78 is 10.4. The van der Waals surface area contributed by atoms with Crippen LogP contribution in [-0.4, -0.2) is 25.3 Å². The molecule has 3 nitrogen and oxygen atoms in total. The van der Waals surface area contributed by atoms with Crippen LogP contribution in [0, 0.1) is 0 Å². The molecular formula is C14H26O3. The summed E-state index contributed by atoms with van der Waals surface area (Å²) in [7, 11) is 0. The van der Waals surface area contributed by atoms with Crippen molar-refractivity contribution in [3.8, 4) is 0 Å². The highest BCUT2D eigenvalue weighted by Crippen LogP contribution is 2.05. The maximum atomic E-state index is 11.0. The first-order valence-electron chi connectivity index (χ1n) is 6.48. The van der Waals surface area contributed by atoms with E-state index in [1.807, 2.05) is 0 Å². The Bertz CT molecular complexity index is 222. The molecule has 0 N–H and O–H groups in total. The number of hydrogen-bond donors (Lipinski definition) is 0. The molecule has 0 aliphatic heterocycles. The van der Waals surface area contributed by atoms with Gasteiger partial charge in [-0.15, -0.1) is 0 Å². The van der Waals surface area contributed by atoms with E-state index in [1.54, 1.807) is 6.92 Å². The van der Waals surface area contributed by atoms with Crippen molar-refractivity contribution in [1.82, 2.24) is 0 Å². The van der Waals surface area contributed by atoms with Gasteiger partial charge in [0.05, 0.1) is 12.7 Å². The van der Waals surface area contributed by atoms with E-state index in [-0.39, 0.29) is 5.97 Å². The van der Waals surface area contributed by atoms with Crippen LogP contribution in [0.15, 0.2) is 12.2 Å². The van der Waals surface area contributed by atoms with E-state index in [0.717, 1.165) is 25.9 Å². The molecule has 0 aliphatic rings. The average molecular weight is 242 g/mol. The van der Waals surface area contributed by atoms with Gasteiger partial charge in [-0.2, -0.15) is 0 Å². The van der Waals surface area contributed by atoms with E-state index in [9.17, 15) is 4.79 Å². The third kappa shape index (κ3) is 11.4. The summed E-state index contributed by atoms with van der Waals surface area (Å²) in [5.41, 5.74) is 0.468. The molecule has 0 unspecified atom stereocenters. The molecule has 100 valence electrons. The highest BCUT2D eigenvalue weighted by molar-refractivity contribution is 5.86. The summed E-state index contributed by atoms with van der Waals surface area (Å²) in [6.45, 7) is 10.7. The quantitative estimate of drug-likeness (QED) is 0.334. The molecule has 0 atom stereocenters. The van der Waals surface area contributed by atoms with Gasteiger partial charge in [0, 0.05) is 12.2 Å². The standard InChI is InChI=1S/C14H26O3/c1-12(2)14(15)17-11-9-7-5-6-8-10-16-13(3)4/h13H,1,5-11H2,2-4H3. The lowest BCUT2D eigenvalue weighted by Crippen LogP contribution is -2.06. The Labute approximate surface area is 105 Å². The second-order valence-electron chi connectivity index (χ2n) is 4.60. The number of carbonyl (C=O) groups is 1. The normalized spacial score (nSPS) is 10.6. The minimum Gasteiger partial charge on any atom is -0.462 e. The van der Waals surface area contributed by atoms with Crippen LogP contribution in [0.2, 0.25) is 0 Å². The second-order valence-corrected chi connectivity index (χ2v) is 4.60. The predicted octanol–water partition coefficient (Wildman–Crippen LogP) is 3.48. The molecule has 0 rings (SSSR count). The molecule has 0 spiro atoms. The Kier molecular flexibility index (Phi) is 9.83. The molecule has 0 radical (unpaired) electrons. The monoisotopic (exact) mass is 242 g/mol. The van der Waals surface area contributed by atoms with Gasteiger partial charge in [-0.25, -0.2) is 4.79 Å². The molecule has 3 heteroatoms. The molecule has 0 bridgehead atoms. The molecule has 0 aromatic heterocycles. The van der Waals surface area contributed by atoms with Crippen LogP contribution in [0.25, 0.3) is 0 Å². The lowest BCUT2D eigenvalue weighted by molar-refractivity contribution is -0.139. The Morgan fingerprint density at radius 1 is 1.06 bits per heavy atom. The van der Waals surface area contributed by atoms with Crippen LogP contribution in [0.5, 0.6) is 0 Å². The largest absolute Gasteiger partial charge is 0.462 e. The summed E-state index contributed by atoms with van der Waals surface area (Å²) in [4.78, 5) is 11.0. The van der Waals surface area contributed by atoms with Crippen LogP contribution in [-0.2, 0) is 14.3 Å². The van der Waals surface area contributed by atoms with Gasteiger partial charge in [0.25, 0.3) is 0 Å². The number of rotatable bonds is 10. The Morgan fingerprint density at radius 3 is 2.12 bits per heavy atom. The fourth-order valence-electron chi connectivity index (χ4n) is 1.34. The zero-order valence-corrected chi connectivity index (χ0v) is 11.5. The van der Waals surface area contributed by atoms with Crippen LogP contribution in [0.4, 0.5) is 0 Å². The van der Waals surface area contributed by atoms with E-state index in [4.69, 9.17) is 9.47 Å². The molecule has 0 aromatic carbocycles. The highest BCUT2D eigenvalue weighted by Gasteiger charge is 2.01. The maximum Gasteiger partial charge on any atom is 0.333 e. The van der Waals surface area contributed by atoms with Gasteiger partial charge in [-0.3, -0.25) is 0 Å². The Balaban J connectivity index is 3.14.